The molecule has 1 aromatic heterocycles. The van der Waals surface area contributed by atoms with Gasteiger partial charge in [0.1, 0.15) is 5.75 Å². The van der Waals surface area contributed by atoms with Crippen molar-refractivity contribution in [3.8, 4) is 17.0 Å². The molecule has 1 aliphatic rings. The van der Waals surface area contributed by atoms with Gasteiger partial charge in [0, 0.05) is 36.0 Å². The average Bonchev–Trinajstić information content (AvgIpc) is 3.38. The number of thiazole rings is 1. The molecule has 2 aromatic carbocycles. The van der Waals surface area contributed by atoms with E-state index in [9.17, 15) is 18.4 Å². The molecular weight excluding hydrogens is 424 g/mol. The first kappa shape index (κ1) is 20.9. The zero-order valence-electron chi connectivity index (χ0n) is 16.4. The van der Waals surface area contributed by atoms with Gasteiger partial charge in [-0.05, 0) is 36.2 Å². The molecule has 1 fully saturated rings. The van der Waals surface area contributed by atoms with Crippen LogP contribution < -0.4 is 10.1 Å². The smallest absolute Gasteiger partial charge is 0.387 e. The highest BCUT2D eigenvalue weighted by Gasteiger charge is 2.20. The maximum absolute atomic E-state index is 12.6. The van der Waals surface area contributed by atoms with Gasteiger partial charge >= 0.3 is 6.61 Å². The highest BCUT2D eigenvalue weighted by Crippen LogP contribution is 2.33. The number of carbonyl (C=O) groups excluding carboxylic acids is 2. The van der Waals surface area contributed by atoms with Crippen molar-refractivity contribution in [1.29, 1.82) is 0 Å². The molecule has 31 heavy (non-hydrogen) atoms. The second kappa shape index (κ2) is 9.22. The minimum atomic E-state index is -2.94. The van der Waals surface area contributed by atoms with Crippen molar-refractivity contribution in [2.45, 2.75) is 26.0 Å². The van der Waals surface area contributed by atoms with Crippen molar-refractivity contribution in [3.63, 3.8) is 0 Å². The van der Waals surface area contributed by atoms with E-state index in [-0.39, 0.29) is 17.6 Å². The Bertz CT molecular complexity index is 1090. The van der Waals surface area contributed by atoms with Gasteiger partial charge in [0.2, 0.25) is 5.91 Å². The molecular formula is C22H19F2N3O3S. The van der Waals surface area contributed by atoms with E-state index in [1.807, 2.05) is 17.0 Å². The van der Waals surface area contributed by atoms with Gasteiger partial charge in [-0.2, -0.15) is 8.78 Å². The number of likely N-dealkylation sites (tertiary alicyclic amines) is 1. The van der Waals surface area contributed by atoms with Crippen molar-refractivity contribution in [2.75, 3.05) is 11.9 Å². The number of alkyl halides is 2. The van der Waals surface area contributed by atoms with E-state index in [4.69, 9.17) is 0 Å². The molecule has 0 saturated carbocycles. The summed E-state index contributed by atoms with van der Waals surface area (Å²) >= 11 is 1.19. The summed E-state index contributed by atoms with van der Waals surface area (Å²) in [7, 11) is 0. The molecule has 1 N–H and O–H groups in total. The summed E-state index contributed by atoms with van der Waals surface area (Å²) in [6, 6.07) is 13.4. The van der Waals surface area contributed by atoms with Crippen LogP contribution in [0.25, 0.3) is 11.3 Å². The molecule has 0 bridgehead atoms. The lowest BCUT2D eigenvalue weighted by molar-refractivity contribution is -0.128. The van der Waals surface area contributed by atoms with E-state index in [0.29, 0.717) is 34.9 Å². The molecule has 1 saturated heterocycles. The molecule has 0 radical (unpaired) electrons. The number of halogens is 2. The largest absolute Gasteiger partial charge is 0.434 e. The van der Waals surface area contributed by atoms with Crippen LogP contribution in [0, 0.1) is 0 Å². The zero-order chi connectivity index (χ0) is 21.8. The number of para-hydroxylation sites is 1. The molecule has 4 rings (SSSR count). The quantitative estimate of drug-likeness (QED) is 0.570. The highest BCUT2D eigenvalue weighted by atomic mass is 32.1. The van der Waals surface area contributed by atoms with E-state index < -0.39 is 6.61 Å². The number of amides is 2. The molecule has 3 aromatic rings. The van der Waals surface area contributed by atoms with Gasteiger partial charge in [0.25, 0.3) is 5.91 Å². The van der Waals surface area contributed by atoms with Gasteiger partial charge in [-0.15, -0.1) is 11.3 Å². The molecule has 160 valence electrons. The Balaban J connectivity index is 1.42. The number of nitrogens with one attached hydrogen (secondary N) is 1. The third kappa shape index (κ3) is 5.05. The van der Waals surface area contributed by atoms with Crippen molar-refractivity contribution in [2.24, 2.45) is 0 Å². The zero-order valence-corrected chi connectivity index (χ0v) is 17.2. The van der Waals surface area contributed by atoms with Crippen LogP contribution in [-0.2, 0) is 11.3 Å². The Labute approximate surface area is 181 Å². The van der Waals surface area contributed by atoms with E-state index in [0.717, 1.165) is 18.5 Å². The molecule has 0 unspecified atom stereocenters. The van der Waals surface area contributed by atoms with E-state index in [1.165, 1.54) is 17.4 Å². The van der Waals surface area contributed by atoms with Crippen LogP contribution in [0.5, 0.6) is 5.75 Å². The standard InChI is InChI=1S/C22H19F2N3O3S/c23-21(24)30-18-5-2-1-4-16(18)17-13-31-22(25-17)26-20(29)15-9-7-14(8-10-15)12-27-11-3-6-19(27)28/h1-2,4-5,7-10,13,21H,3,6,11-12H2,(H,25,26,29). The van der Waals surface area contributed by atoms with Gasteiger partial charge in [0.05, 0.1) is 5.69 Å². The summed E-state index contributed by atoms with van der Waals surface area (Å²) in [4.78, 5) is 30.4. The van der Waals surface area contributed by atoms with Gasteiger partial charge in [-0.3, -0.25) is 14.9 Å². The first-order valence-electron chi connectivity index (χ1n) is 9.67. The van der Waals surface area contributed by atoms with Crippen LogP contribution in [0.2, 0.25) is 0 Å². The lowest BCUT2D eigenvalue weighted by Gasteiger charge is -2.15. The Morgan fingerprint density at radius 3 is 2.68 bits per heavy atom. The molecule has 6 nitrogen and oxygen atoms in total. The Morgan fingerprint density at radius 1 is 1.19 bits per heavy atom. The third-order valence-electron chi connectivity index (χ3n) is 4.86. The average molecular weight is 443 g/mol. The van der Waals surface area contributed by atoms with Crippen LogP contribution in [0.4, 0.5) is 13.9 Å². The Kier molecular flexibility index (Phi) is 6.22. The molecule has 2 amide bonds. The van der Waals surface area contributed by atoms with E-state index in [1.54, 1.807) is 35.7 Å². The van der Waals surface area contributed by atoms with Gasteiger partial charge < -0.3 is 9.64 Å². The highest BCUT2D eigenvalue weighted by molar-refractivity contribution is 7.14. The fourth-order valence-corrected chi connectivity index (χ4v) is 4.06. The normalized spacial score (nSPS) is 13.6. The number of aromatic nitrogens is 1. The first-order valence-corrected chi connectivity index (χ1v) is 10.6. The topological polar surface area (TPSA) is 71.5 Å². The summed E-state index contributed by atoms with van der Waals surface area (Å²) < 4.78 is 29.8. The van der Waals surface area contributed by atoms with Crippen LogP contribution in [-0.4, -0.2) is 34.9 Å². The molecule has 0 aliphatic carbocycles. The predicted molar refractivity (Wildman–Crippen MR) is 113 cm³/mol. The number of hydrogen-bond donors (Lipinski definition) is 1. The van der Waals surface area contributed by atoms with Gasteiger partial charge in [0.15, 0.2) is 5.13 Å². The maximum Gasteiger partial charge on any atom is 0.387 e. The van der Waals surface area contributed by atoms with Crippen LogP contribution >= 0.6 is 11.3 Å². The summed E-state index contributed by atoms with van der Waals surface area (Å²) in [5, 5.41) is 4.74. The molecule has 0 spiro atoms. The number of nitrogens with zero attached hydrogens (tertiary/aromatic N) is 2. The fraction of sp³-hybridized carbons (Fsp3) is 0.227. The third-order valence-corrected chi connectivity index (χ3v) is 5.62. The Hall–Kier alpha value is -3.33. The van der Waals surface area contributed by atoms with E-state index >= 15 is 0 Å². The fourth-order valence-electron chi connectivity index (χ4n) is 3.35. The van der Waals surface area contributed by atoms with Gasteiger partial charge in [-0.25, -0.2) is 4.98 Å². The van der Waals surface area contributed by atoms with Gasteiger partial charge in [-0.1, -0.05) is 24.3 Å². The van der Waals surface area contributed by atoms with Crippen LogP contribution in [0.15, 0.2) is 53.9 Å². The number of ether oxygens (including phenoxy) is 1. The summed E-state index contributed by atoms with van der Waals surface area (Å²) in [6.45, 7) is -1.64. The maximum atomic E-state index is 12.6. The minimum absolute atomic E-state index is 0.0211. The van der Waals surface area contributed by atoms with Crippen LogP contribution in [0.1, 0.15) is 28.8 Å². The van der Waals surface area contributed by atoms with Crippen molar-refractivity contribution < 1.29 is 23.1 Å². The molecule has 9 heteroatoms. The Morgan fingerprint density at radius 2 is 1.97 bits per heavy atom. The van der Waals surface area contributed by atoms with Crippen molar-refractivity contribution in [1.82, 2.24) is 9.88 Å². The first-order chi connectivity index (χ1) is 15.0. The second-order valence-electron chi connectivity index (χ2n) is 6.98. The lowest BCUT2D eigenvalue weighted by Crippen LogP contribution is -2.23. The van der Waals surface area contributed by atoms with Crippen molar-refractivity contribution in [3.05, 3.63) is 65.0 Å². The monoisotopic (exact) mass is 443 g/mol. The number of benzene rings is 2. The summed E-state index contributed by atoms with van der Waals surface area (Å²) in [5.74, 6) is -0.156. The summed E-state index contributed by atoms with van der Waals surface area (Å²) in [5.41, 5.74) is 2.26. The SMILES string of the molecule is O=C(Nc1nc(-c2ccccc2OC(F)F)cs1)c1ccc(CN2CCCC2=O)cc1. The second-order valence-corrected chi connectivity index (χ2v) is 7.84. The predicted octanol–water partition coefficient (Wildman–Crippen LogP) is 4.79. The van der Waals surface area contributed by atoms with E-state index in [2.05, 4.69) is 15.0 Å². The number of rotatable bonds is 7. The van der Waals surface area contributed by atoms with Crippen LogP contribution in [0.3, 0.4) is 0 Å². The number of anilines is 1. The summed E-state index contributed by atoms with van der Waals surface area (Å²) in [6.07, 6.45) is 1.48. The minimum Gasteiger partial charge on any atom is -0.434 e. The lowest BCUT2D eigenvalue weighted by atomic mass is 10.1. The molecule has 0 atom stereocenters. The molecule has 2 heterocycles. The number of carbonyl (C=O) groups is 2. The number of hydrogen-bond acceptors (Lipinski definition) is 5. The molecule has 1 aliphatic heterocycles. The van der Waals surface area contributed by atoms with Crippen molar-refractivity contribution >= 4 is 28.3 Å².